The summed E-state index contributed by atoms with van der Waals surface area (Å²) in [5.74, 6) is 0. The third kappa shape index (κ3) is 12.7. The average molecular weight is 628 g/mol. The van der Waals surface area contributed by atoms with Crippen LogP contribution in [0.5, 0.6) is 0 Å². The molecule has 0 atom stereocenters. The van der Waals surface area contributed by atoms with Crippen molar-refractivity contribution < 1.29 is 49.9 Å². The van der Waals surface area contributed by atoms with E-state index in [9.17, 15) is 0 Å². The van der Waals surface area contributed by atoms with E-state index in [2.05, 4.69) is 134 Å². The molecule has 0 saturated heterocycles. The molecule has 0 aromatic rings. The summed E-state index contributed by atoms with van der Waals surface area (Å²) in [6.07, 6.45) is 17.7. The van der Waals surface area contributed by atoms with Crippen molar-refractivity contribution in [1.82, 2.24) is 0 Å². The summed E-state index contributed by atoms with van der Waals surface area (Å²) in [4.78, 5) is 0. The number of hydrogen-bond acceptors (Lipinski definition) is 0. The molecule has 0 aliphatic heterocycles. The van der Waals surface area contributed by atoms with Gasteiger partial charge in [0.15, 0.2) is 0 Å². The summed E-state index contributed by atoms with van der Waals surface area (Å²) in [6, 6.07) is 0. The van der Waals surface area contributed by atoms with Crippen LogP contribution in [0, 0.1) is 62.7 Å². The first kappa shape index (κ1) is 37.9. The van der Waals surface area contributed by atoms with Gasteiger partial charge in [-0.25, -0.2) is 0 Å². The number of halogens is 1. The van der Waals surface area contributed by atoms with Crippen LogP contribution in [0.1, 0.15) is 83.1 Å². The first-order valence-corrected chi connectivity index (χ1v) is 13.2. The molecule has 2 aliphatic carbocycles. The Morgan fingerprint density at radius 1 is 0.452 bits per heavy atom. The van der Waals surface area contributed by atoms with Gasteiger partial charge in [-0.2, -0.15) is 0 Å². The zero-order valence-corrected chi connectivity index (χ0v) is 26.8. The van der Waals surface area contributed by atoms with Crippen LogP contribution in [0.4, 0.5) is 0 Å². The van der Waals surface area contributed by atoms with Crippen LogP contribution in [-0.4, -0.2) is 20.6 Å². The molecule has 0 unspecified atom stereocenters. The Morgan fingerprint density at radius 3 is 0.742 bits per heavy atom. The van der Waals surface area contributed by atoms with E-state index in [1.165, 1.54) is 0 Å². The van der Waals surface area contributed by atoms with Crippen molar-refractivity contribution in [2.24, 2.45) is 0 Å². The molecule has 0 bridgehead atoms. The first-order chi connectivity index (χ1) is 12.5. The minimum Gasteiger partial charge on any atom is -1.00 e. The third-order valence-electron chi connectivity index (χ3n) is 4.49. The van der Waals surface area contributed by atoms with Gasteiger partial charge in [0.25, 0.3) is 0 Å². The van der Waals surface area contributed by atoms with Gasteiger partial charge in [0.05, 0.1) is 0 Å². The van der Waals surface area contributed by atoms with E-state index in [-0.39, 0.29) is 65.7 Å². The fourth-order valence-corrected chi connectivity index (χ4v) is 12.7. The topological polar surface area (TPSA) is 0 Å². The van der Waals surface area contributed by atoms with E-state index in [0.29, 0.717) is 20.6 Å². The number of hydrogen-bond donors (Lipinski definition) is 0. The molecular weight excluding hydrogens is 583 g/mol. The first-order valence-electron chi connectivity index (χ1n) is 10.5. The van der Waals surface area contributed by atoms with E-state index in [1.807, 2.05) is 0 Å². The second kappa shape index (κ2) is 14.8. The predicted octanol–water partition coefficient (Wildman–Crippen LogP) is 5.86. The Kier molecular flexibility index (Phi) is 18.1. The van der Waals surface area contributed by atoms with Crippen LogP contribution < -0.4 is 12.4 Å². The van der Waals surface area contributed by atoms with Crippen LogP contribution in [0.2, 0.25) is 0 Å². The molecule has 31 heavy (non-hydrogen) atoms. The van der Waals surface area contributed by atoms with Gasteiger partial charge in [0.2, 0.25) is 0 Å². The normalized spacial score (nSPS) is 18.8. The molecule has 2 rings (SSSR count). The van der Waals surface area contributed by atoms with Crippen molar-refractivity contribution in [1.29, 1.82) is 0 Å². The third-order valence-corrected chi connectivity index (χ3v) is 11.5. The van der Waals surface area contributed by atoms with E-state index in [0.717, 1.165) is 0 Å². The fourth-order valence-electron chi connectivity index (χ4n) is 4.59. The van der Waals surface area contributed by atoms with Gasteiger partial charge in [-0.1, -0.05) is 98.9 Å². The fraction of sp³-hybridized carbons (Fsp3) is 0.615. The van der Waals surface area contributed by atoms with Crippen molar-refractivity contribution in [2.45, 2.75) is 104 Å². The Bertz CT molecular complexity index is 388. The van der Waals surface area contributed by atoms with E-state index in [1.54, 1.807) is 11.3 Å². The van der Waals surface area contributed by atoms with Crippen LogP contribution in [0.25, 0.3) is 0 Å². The smallest absolute Gasteiger partial charge is 1.00 e. The van der Waals surface area contributed by atoms with Crippen LogP contribution in [0.15, 0.2) is 0 Å². The van der Waals surface area contributed by atoms with Gasteiger partial charge in [-0.3, -0.25) is 0 Å². The largest absolute Gasteiger partial charge is 2.00 e. The quantitative estimate of drug-likeness (QED) is 0.266. The molecule has 180 valence electrons. The Morgan fingerprint density at radius 2 is 0.613 bits per heavy atom. The van der Waals surface area contributed by atoms with Crippen molar-refractivity contribution in [3.8, 4) is 0 Å². The molecule has 2 fully saturated rings. The maximum Gasteiger partial charge on any atom is 2.00 e. The summed E-state index contributed by atoms with van der Waals surface area (Å²) in [5.41, 5.74) is 3.08. The second-order valence-corrected chi connectivity index (χ2v) is 19.4. The maximum absolute atomic E-state index is 2.36. The Hall–Kier alpha value is 2.33. The predicted molar refractivity (Wildman–Crippen MR) is 134 cm³/mol. The molecule has 0 spiro atoms. The Balaban J connectivity index is -0.000000461. The van der Waals surface area contributed by atoms with E-state index < -0.39 is 0 Å². The molecule has 0 nitrogen and oxygen atoms in total. The van der Waals surface area contributed by atoms with Crippen LogP contribution >= 0.6 is 15.8 Å². The zero-order valence-electron chi connectivity index (χ0n) is 21.6. The molecule has 0 aromatic carbocycles. The minimum atomic E-state index is -0.101. The molecule has 2 aliphatic rings. The molecule has 10 radical (unpaired) electrons. The zero-order chi connectivity index (χ0) is 22.0. The Labute approximate surface area is 230 Å². The summed E-state index contributed by atoms with van der Waals surface area (Å²) in [7, 11) is -0.202. The van der Waals surface area contributed by atoms with Crippen LogP contribution in [0.3, 0.4) is 0 Å². The second-order valence-electron chi connectivity index (χ2n) is 11.6. The van der Waals surface area contributed by atoms with E-state index in [4.69, 9.17) is 0 Å². The molecule has 0 heterocycles. The molecule has 0 N–H and O–H groups in total. The van der Waals surface area contributed by atoms with Crippen molar-refractivity contribution >= 4 is 15.8 Å². The summed E-state index contributed by atoms with van der Waals surface area (Å²) in [5, 5.41) is 1.56. The monoisotopic (exact) mass is 627 g/mol. The van der Waals surface area contributed by atoms with Gasteiger partial charge in [-0.15, -0.1) is 0 Å². The summed E-state index contributed by atoms with van der Waals surface area (Å²) in [6.45, 7) is 28.3. The SMILES string of the molecule is CC(C)(C)P([C]1[CH][CH][CH][CH]1)C(C)(C)C.CC(C)(C)P([C]1[CH][CH][CH][CH]1)C(C)(C)C.[118Pd+2].[Cl-].[Fe+2]. The van der Waals surface area contributed by atoms with Gasteiger partial charge in [0, 0.05) is 11.3 Å². The summed E-state index contributed by atoms with van der Waals surface area (Å²) >= 11 is 0. The van der Waals surface area contributed by atoms with Gasteiger partial charge in [-0.05, 0) is 72.0 Å². The molecule has 0 amide bonds. The molecular formula is C26H44ClFeP2Pd+3. The average Bonchev–Trinajstić information content (AvgIpc) is 3.06. The minimum absolute atomic E-state index is 0. The molecule has 0 aromatic heterocycles. The molecule has 2 saturated carbocycles. The van der Waals surface area contributed by atoms with Gasteiger partial charge < -0.3 is 12.4 Å². The molecule has 5 heteroatoms. The van der Waals surface area contributed by atoms with Crippen molar-refractivity contribution in [3.63, 3.8) is 0 Å². The van der Waals surface area contributed by atoms with Gasteiger partial charge >= 0.3 is 37.5 Å². The van der Waals surface area contributed by atoms with Crippen molar-refractivity contribution in [2.75, 3.05) is 0 Å². The van der Waals surface area contributed by atoms with Crippen molar-refractivity contribution in [3.05, 3.63) is 62.7 Å². The maximum atomic E-state index is 2.36. The van der Waals surface area contributed by atoms with E-state index >= 15 is 0 Å². The standard InChI is InChI=1S/2C13H22P.ClH.Fe.Pd/c2*1-12(2,3)14(13(4,5)6)11-9-7-8-10-11;;;/h2*7-10H,1-6H3;1H;;/q;;;2*+2/p-1/i;;;;1+12. The van der Waals surface area contributed by atoms with Gasteiger partial charge in [0.1, 0.15) is 0 Å². The number of rotatable bonds is 2. The summed E-state index contributed by atoms with van der Waals surface area (Å²) < 4.78 is 0. The van der Waals surface area contributed by atoms with Crippen LogP contribution in [-0.2, 0) is 37.5 Å².